The molecule has 17 heavy (non-hydrogen) atoms. The van der Waals surface area contributed by atoms with Crippen LogP contribution in [0.1, 0.15) is 5.56 Å². The molecule has 3 rings (SSSR count). The molecule has 1 amide bonds. The van der Waals surface area contributed by atoms with Crippen molar-refractivity contribution >= 4 is 23.2 Å². The van der Waals surface area contributed by atoms with Gasteiger partial charge in [-0.15, -0.1) is 0 Å². The summed E-state index contributed by atoms with van der Waals surface area (Å²) in [4.78, 5) is 17.9. The van der Waals surface area contributed by atoms with Crippen LogP contribution in [0.25, 0.3) is 0 Å². The largest absolute Gasteiger partial charge is 0.447 e. The molecule has 0 saturated carbocycles. The van der Waals surface area contributed by atoms with E-state index in [4.69, 9.17) is 4.42 Å². The highest BCUT2D eigenvalue weighted by atomic mass is 16.3. The zero-order valence-electron chi connectivity index (χ0n) is 9.25. The monoisotopic (exact) mass is 226 g/mol. The van der Waals surface area contributed by atoms with Crippen LogP contribution >= 0.6 is 0 Å². The third kappa shape index (κ3) is 1.45. The van der Waals surface area contributed by atoms with Gasteiger partial charge in [0.25, 0.3) is 5.91 Å². The van der Waals surface area contributed by atoms with Gasteiger partial charge < -0.3 is 9.32 Å². The number of aliphatic imine (C=N–C) groups is 1. The Labute approximate surface area is 98.2 Å². The molecule has 0 spiro atoms. The number of anilines is 1. The van der Waals surface area contributed by atoms with Crippen molar-refractivity contribution < 1.29 is 9.21 Å². The second-order valence-corrected chi connectivity index (χ2v) is 3.79. The van der Waals surface area contributed by atoms with Gasteiger partial charge in [-0.25, -0.2) is 4.99 Å². The molecule has 1 aromatic heterocycles. The molecule has 4 heteroatoms. The maximum Gasteiger partial charge on any atom is 0.277 e. The third-order valence-corrected chi connectivity index (χ3v) is 2.76. The molecule has 0 bridgehead atoms. The van der Waals surface area contributed by atoms with Gasteiger partial charge >= 0.3 is 0 Å². The number of fused-ring (bicyclic) bond motifs is 1. The average Bonchev–Trinajstić information content (AvgIpc) is 2.94. The second kappa shape index (κ2) is 3.59. The molecule has 0 radical (unpaired) electrons. The molecule has 0 saturated heterocycles. The van der Waals surface area contributed by atoms with Gasteiger partial charge in [-0.05, 0) is 12.1 Å². The number of hydrogen-bond acceptors (Lipinski definition) is 3. The maximum atomic E-state index is 12.0. The van der Waals surface area contributed by atoms with E-state index in [1.807, 2.05) is 24.3 Å². The van der Waals surface area contributed by atoms with E-state index >= 15 is 0 Å². The number of amides is 1. The van der Waals surface area contributed by atoms with Gasteiger partial charge in [-0.2, -0.15) is 0 Å². The first kappa shape index (κ1) is 9.84. The lowest BCUT2D eigenvalue weighted by atomic mass is 10.1. The Bertz CT molecular complexity index is 600. The summed E-state index contributed by atoms with van der Waals surface area (Å²) in [6, 6.07) is 11.0. The Hall–Kier alpha value is -2.36. The molecule has 0 fully saturated rings. The van der Waals surface area contributed by atoms with Crippen molar-refractivity contribution in [3.05, 3.63) is 48.2 Å². The predicted molar refractivity (Wildman–Crippen MR) is 64.8 cm³/mol. The first-order valence-electron chi connectivity index (χ1n) is 5.27. The van der Waals surface area contributed by atoms with Crippen LogP contribution < -0.4 is 4.90 Å². The van der Waals surface area contributed by atoms with Gasteiger partial charge in [0, 0.05) is 18.7 Å². The standard InChI is InChI=1S/C13H10N2O2/c1-15-10-6-3-2-5-9(10)12(13(15)16)14-11-7-4-8-17-11/h2-8H,1H3/b14-12+. The number of likely N-dealkylation sites (N-methyl/N-ethyl adjacent to an activating group) is 1. The topological polar surface area (TPSA) is 45.8 Å². The molecule has 0 N–H and O–H groups in total. The van der Waals surface area contributed by atoms with Crippen molar-refractivity contribution in [3.8, 4) is 0 Å². The average molecular weight is 226 g/mol. The lowest BCUT2D eigenvalue weighted by Gasteiger charge is -2.07. The van der Waals surface area contributed by atoms with E-state index in [2.05, 4.69) is 4.99 Å². The van der Waals surface area contributed by atoms with Crippen molar-refractivity contribution in [1.29, 1.82) is 0 Å². The zero-order chi connectivity index (χ0) is 11.8. The van der Waals surface area contributed by atoms with Crippen molar-refractivity contribution in [2.45, 2.75) is 0 Å². The number of furan rings is 1. The van der Waals surface area contributed by atoms with Gasteiger partial charge in [-0.3, -0.25) is 4.79 Å². The molecule has 4 nitrogen and oxygen atoms in total. The van der Waals surface area contributed by atoms with Crippen molar-refractivity contribution in [2.75, 3.05) is 11.9 Å². The van der Waals surface area contributed by atoms with Crippen LogP contribution in [-0.2, 0) is 4.79 Å². The minimum atomic E-state index is -0.109. The Morgan fingerprint density at radius 2 is 2.00 bits per heavy atom. The Kier molecular flexibility index (Phi) is 2.08. The number of benzene rings is 1. The predicted octanol–water partition coefficient (Wildman–Crippen LogP) is 2.38. The van der Waals surface area contributed by atoms with Crippen molar-refractivity contribution in [2.24, 2.45) is 4.99 Å². The molecule has 84 valence electrons. The number of carbonyl (C=O) groups excluding carboxylic acids is 1. The first-order chi connectivity index (χ1) is 8.27. The molecular formula is C13H10N2O2. The van der Waals surface area contributed by atoms with E-state index in [1.54, 1.807) is 24.1 Å². The summed E-state index contributed by atoms with van der Waals surface area (Å²) in [6.07, 6.45) is 1.54. The molecule has 1 aliphatic rings. The van der Waals surface area contributed by atoms with Crippen LogP contribution in [0.15, 0.2) is 52.1 Å². The molecule has 0 aliphatic carbocycles. The summed E-state index contributed by atoms with van der Waals surface area (Å²) < 4.78 is 5.14. The fourth-order valence-corrected chi connectivity index (χ4v) is 1.90. The molecular weight excluding hydrogens is 216 g/mol. The normalized spacial score (nSPS) is 16.6. The molecule has 2 heterocycles. The second-order valence-electron chi connectivity index (χ2n) is 3.79. The van der Waals surface area contributed by atoms with Gasteiger partial charge in [0.2, 0.25) is 5.88 Å². The number of hydrogen-bond donors (Lipinski definition) is 0. The molecule has 1 aliphatic heterocycles. The van der Waals surface area contributed by atoms with E-state index in [9.17, 15) is 4.79 Å². The number of nitrogens with zero attached hydrogens (tertiary/aromatic N) is 2. The number of carbonyl (C=O) groups is 1. The summed E-state index contributed by atoms with van der Waals surface area (Å²) in [5.74, 6) is 0.334. The van der Waals surface area contributed by atoms with E-state index in [0.29, 0.717) is 11.6 Å². The highest BCUT2D eigenvalue weighted by molar-refractivity contribution is 6.54. The molecule has 2 aromatic rings. The SMILES string of the molecule is CN1C(=O)/C(=N/c2ccco2)c2ccccc21. The molecule has 0 unspecified atom stereocenters. The first-order valence-corrected chi connectivity index (χ1v) is 5.27. The lowest BCUT2D eigenvalue weighted by Crippen LogP contribution is -2.25. The van der Waals surface area contributed by atoms with E-state index in [-0.39, 0.29) is 5.91 Å². The summed E-state index contributed by atoms with van der Waals surface area (Å²) in [5, 5.41) is 0. The summed E-state index contributed by atoms with van der Waals surface area (Å²) in [7, 11) is 1.74. The minimum absolute atomic E-state index is 0.109. The van der Waals surface area contributed by atoms with E-state index in [0.717, 1.165) is 11.3 Å². The quantitative estimate of drug-likeness (QED) is 0.749. The smallest absolute Gasteiger partial charge is 0.277 e. The van der Waals surface area contributed by atoms with Crippen LogP contribution in [0.3, 0.4) is 0 Å². The van der Waals surface area contributed by atoms with Gasteiger partial charge in [0.05, 0.1) is 12.0 Å². The Morgan fingerprint density at radius 3 is 2.76 bits per heavy atom. The number of rotatable bonds is 1. The lowest BCUT2D eigenvalue weighted by molar-refractivity contribution is -0.111. The molecule has 1 aromatic carbocycles. The Balaban J connectivity index is 2.16. The van der Waals surface area contributed by atoms with Crippen LogP contribution in [0.4, 0.5) is 11.6 Å². The van der Waals surface area contributed by atoms with Gasteiger partial charge in [-0.1, -0.05) is 18.2 Å². The highest BCUT2D eigenvalue weighted by Gasteiger charge is 2.31. The van der Waals surface area contributed by atoms with Crippen LogP contribution in [0, 0.1) is 0 Å². The van der Waals surface area contributed by atoms with Crippen LogP contribution in [0.5, 0.6) is 0 Å². The van der Waals surface area contributed by atoms with Crippen LogP contribution in [-0.4, -0.2) is 18.7 Å². The van der Waals surface area contributed by atoms with Gasteiger partial charge in [0.15, 0.2) is 0 Å². The summed E-state index contributed by atoms with van der Waals surface area (Å²) in [5.41, 5.74) is 2.15. The van der Waals surface area contributed by atoms with Crippen molar-refractivity contribution in [3.63, 3.8) is 0 Å². The molecule has 0 atom stereocenters. The zero-order valence-corrected chi connectivity index (χ0v) is 9.25. The highest BCUT2D eigenvalue weighted by Crippen LogP contribution is 2.29. The Morgan fingerprint density at radius 1 is 1.18 bits per heavy atom. The number of para-hydroxylation sites is 1. The van der Waals surface area contributed by atoms with E-state index < -0.39 is 0 Å². The maximum absolute atomic E-state index is 12.0. The minimum Gasteiger partial charge on any atom is -0.447 e. The van der Waals surface area contributed by atoms with E-state index in [1.165, 1.54) is 6.26 Å². The fraction of sp³-hybridized carbons (Fsp3) is 0.0769. The summed E-state index contributed by atoms with van der Waals surface area (Å²) >= 11 is 0. The summed E-state index contributed by atoms with van der Waals surface area (Å²) in [6.45, 7) is 0. The fourth-order valence-electron chi connectivity index (χ4n) is 1.90. The van der Waals surface area contributed by atoms with Crippen LogP contribution in [0.2, 0.25) is 0 Å². The van der Waals surface area contributed by atoms with Gasteiger partial charge in [0.1, 0.15) is 5.71 Å². The third-order valence-electron chi connectivity index (χ3n) is 2.76. The van der Waals surface area contributed by atoms with Crippen molar-refractivity contribution in [1.82, 2.24) is 0 Å².